The van der Waals surface area contributed by atoms with Crippen molar-refractivity contribution in [3.05, 3.63) is 76.4 Å². The normalized spacial score (nSPS) is 13.3. The van der Waals surface area contributed by atoms with Gasteiger partial charge in [0.2, 0.25) is 5.91 Å². The van der Waals surface area contributed by atoms with Gasteiger partial charge in [-0.15, -0.1) is 0 Å². The number of ether oxygens (including phenoxy) is 1. The lowest BCUT2D eigenvalue weighted by Gasteiger charge is -2.29. The Balaban J connectivity index is 1.52. The molecule has 0 unspecified atom stereocenters. The van der Waals surface area contributed by atoms with E-state index in [2.05, 4.69) is 11.2 Å². The number of hydrogen-bond donors (Lipinski definition) is 0. The number of nitrogens with zero attached hydrogens (tertiary/aromatic N) is 3. The third-order valence-electron chi connectivity index (χ3n) is 5.69. The Labute approximate surface area is 176 Å². The molecule has 156 valence electrons. The summed E-state index contributed by atoms with van der Waals surface area (Å²) in [7, 11) is 0. The van der Waals surface area contributed by atoms with E-state index in [-0.39, 0.29) is 11.7 Å². The van der Waals surface area contributed by atoms with Gasteiger partial charge in [0.15, 0.2) is 0 Å². The molecule has 1 aromatic heterocycles. The number of aryl methyl sites for hydroxylation is 1. The van der Waals surface area contributed by atoms with Gasteiger partial charge in [0.05, 0.1) is 24.4 Å². The molecule has 3 aromatic rings. The highest BCUT2D eigenvalue weighted by Gasteiger charge is 2.24. The van der Waals surface area contributed by atoms with E-state index in [1.54, 1.807) is 16.8 Å². The van der Waals surface area contributed by atoms with Gasteiger partial charge < -0.3 is 9.64 Å². The highest BCUT2D eigenvalue weighted by molar-refractivity contribution is 5.79. The first kappa shape index (κ1) is 20.1. The van der Waals surface area contributed by atoms with Gasteiger partial charge in [-0.25, -0.2) is 9.07 Å². The summed E-state index contributed by atoms with van der Waals surface area (Å²) in [5, 5.41) is 4.58. The van der Waals surface area contributed by atoms with Crippen LogP contribution < -0.4 is 4.74 Å². The van der Waals surface area contributed by atoms with Crippen LogP contribution in [0.25, 0.3) is 5.69 Å². The zero-order valence-corrected chi connectivity index (χ0v) is 17.6. The molecule has 0 saturated carbocycles. The second-order valence-electron chi connectivity index (χ2n) is 7.64. The van der Waals surface area contributed by atoms with Gasteiger partial charge in [-0.3, -0.25) is 4.79 Å². The Morgan fingerprint density at radius 3 is 2.63 bits per heavy atom. The molecule has 2 aromatic carbocycles. The summed E-state index contributed by atoms with van der Waals surface area (Å²) in [6.45, 7) is 7.76. The van der Waals surface area contributed by atoms with E-state index in [0.29, 0.717) is 26.1 Å². The Morgan fingerprint density at radius 2 is 1.90 bits per heavy atom. The van der Waals surface area contributed by atoms with Gasteiger partial charge in [0, 0.05) is 24.3 Å². The Kier molecular flexibility index (Phi) is 5.57. The highest BCUT2D eigenvalue weighted by atomic mass is 19.1. The fraction of sp³-hybridized carbons (Fsp3) is 0.333. The van der Waals surface area contributed by atoms with Crippen molar-refractivity contribution in [3.8, 4) is 11.4 Å². The Hall–Kier alpha value is -3.15. The molecule has 1 amide bonds. The van der Waals surface area contributed by atoms with E-state index in [0.717, 1.165) is 40.4 Å². The van der Waals surface area contributed by atoms with Crippen molar-refractivity contribution in [1.29, 1.82) is 0 Å². The third kappa shape index (κ3) is 3.95. The minimum Gasteiger partial charge on any atom is -0.494 e. The molecule has 30 heavy (non-hydrogen) atoms. The molecule has 0 atom stereocenters. The Bertz CT molecular complexity index is 1070. The maximum atomic E-state index is 13.3. The monoisotopic (exact) mass is 407 g/mol. The van der Waals surface area contributed by atoms with Gasteiger partial charge in [-0.1, -0.05) is 6.07 Å². The quantitative estimate of drug-likeness (QED) is 0.638. The molecule has 0 radical (unpaired) electrons. The lowest BCUT2D eigenvalue weighted by Crippen LogP contribution is -2.37. The first-order valence-electron chi connectivity index (χ1n) is 10.3. The molecule has 0 N–H and O–H groups in total. The molecular formula is C24H26FN3O2. The van der Waals surface area contributed by atoms with Crippen molar-refractivity contribution in [1.82, 2.24) is 14.7 Å². The molecule has 6 heteroatoms. The number of carbonyl (C=O) groups excluding carboxylic acids is 1. The third-order valence-corrected chi connectivity index (χ3v) is 5.69. The van der Waals surface area contributed by atoms with E-state index < -0.39 is 0 Å². The lowest BCUT2D eigenvalue weighted by atomic mass is 9.98. The molecule has 0 aliphatic carbocycles. The first-order valence-corrected chi connectivity index (χ1v) is 10.3. The van der Waals surface area contributed by atoms with E-state index in [1.165, 1.54) is 17.7 Å². The van der Waals surface area contributed by atoms with Gasteiger partial charge in [0.1, 0.15) is 11.6 Å². The standard InChI is InChI=1S/C24H26FN3O2/c1-4-30-22-10-5-18-11-12-27(15-19(18)13-22)24(29)14-23-16(2)26-28(17(23)3)21-8-6-20(25)7-9-21/h5-10,13H,4,11-12,14-15H2,1-3H3. The maximum absolute atomic E-state index is 13.3. The van der Waals surface area contributed by atoms with Crippen LogP contribution in [0.3, 0.4) is 0 Å². The van der Waals surface area contributed by atoms with Crippen LogP contribution in [0.15, 0.2) is 42.5 Å². The summed E-state index contributed by atoms with van der Waals surface area (Å²) in [6, 6.07) is 12.4. The number of carbonyl (C=O) groups is 1. The molecule has 1 aliphatic rings. The van der Waals surface area contributed by atoms with Crippen LogP contribution in [0.1, 0.15) is 35.0 Å². The summed E-state index contributed by atoms with van der Waals surface area (Å²) in [5.74, 6) is 0.652. The number of aromatic nitrogens is 2. The average Bonchev–Trinajstić information content (AvgIpc) is 3.02. The van der Waals surface area contributed by atoms with E-state index in [9.17, 15) is 9.18 Å². The molecule has 4 rings (SSSR count). The summed E-state index contributed by atoms with van der Waals surface area (Å²) in [4.78, 5) is 15.0. The van der Waals surface area contributed by atoms with Gasteiger partial charge in [-0.2, -0.15) is 5.10 Å². The summed E-state index contributed by atoms with van der Waals surface area (Å²) in [6.07, 6.45) is 1.15. The van der Waals surface area contributed by atoms with E-state index >= 15 is 0 Å². The fourth-order valence-corrected chi connectivity index (χ4v) is 4.03. The van der Waals surface area contributed by atoms with Crippen molar-refractivity contribution in [2.24, 2.45) is 0 Å². The van der Waals surface area contributed by atoms with Gasteiger partial charge in [-0.05, 0) is 74.7 Å². The number of hydrogen-bond acceptors (Lipinski definition) is 3. The van der Waals surface area contributed by atoms with Gasteiger partial charge >= 0.3 is 0 Å². The van der Waals surface area contributed by atoms with E-state index in [4.69, 9.17) is 4.74 Å². The number of halogens is 1. The first-order chi connectivity index (χ1) is 14.5. The number of benzene rings is 2. The smallest absolute Gasteiger partial charge is 0.227 e. The largest absolute Gasteiger partial charge is 0.494 e. The van der Waals surface area contributed by atoms with Crippen LogP contribution in [0.5, 0.6) is 5.75 Å². The lowest BCUT2D eigenvalue weighted by molar-refractivity contribution is -0.131. The molecule has 0 saturated heterocycles. The van der Waals surface area contributed by atoms with Crippen molar-refractivity contribution in [2.45, 2.75) is 40.2 Å². The minimum absolute atomic E-state index is 0.0901. The minimum atomic E-state index is -0.284. The Morgan fingerprint density at radius 1 is 1.13 bits per heavy atom. The molecule has 2 heterocycles. The van der Waals surface area contributed by atoms with Crippen molar-refractivity contribution >= 4 is 5.91 Å². The maximum Gasteiger partial charge on any atom is 0.227 e. The molecule has 1 aliphatic heterocycles. The highest BCUT2D eigenvalue weighted by Crippen LogP contribution is 2.25. The molecular weight excluding hydrogens is 381 g/mol. The zero-order valence-electron chi connectivity index (χ0n) is 17.6. The molecule has 0 spiro atoms. The summed E-state index contributed by atoms with van der Waals surface area (Å²) >= 11 is 0. The fourth-order valence-electron chi connectivity index (χ4n) is 4.03. The van der Waals surface area contributed by atoms with Crippen LogP contribution in [0.2, 0.25) is 0 Å². The van der Waals surface area contributed by atoms with Crippen LogP contribution in [0, 0.1) is 19.7 Å². The van der Waals surface area contributed by atoms with Crippen molar-refractivity contribution in [3.63, 3.8) is 0 Å². The van der Waals surface area contributed by atoms with Gasteiger partial charge in [0.25, 0.3) is 0 Å². The summed E-state index contributed by atoms with van der Waals surface area (Å²) < 4.78 is 20.6. The van der Waals surface area contributed by atoms with E-state index in [1.807, 2.05) is 37.8 Å². The van der Waals surface area contributed by atoms with Crippen molar-refractivity contribution < 1.29 is 13.9 Å². The number of fused-ring (bicyclic) bond motifs is 1. The second kappa shape index (κ2) is 8.30. The SMILES string of the molecule is CCOc1ccc2c(c1)CN(C(=O)Cc1c(C)nn(-c3ccc(F)cc3)c1C)CC2. The van der Waals surface area contributed by atoms with Crippen molar-refractivity contribution in [2.75, 3.05) is 13.2 Å². The zero-order chi connectivity index (χ0) is 21.3. The predicted molar refractivity (Wildman–Crippen MR) is 113 cm³/mol. The predicted octanol–water partition coefficient (Wildman–Crippen LogP) is 4.15. The second-order valence-corrected chi connectivity index (χ2v) is 7.64. The number of rotatable bonds is 5. The molecule has 0 bridgehead atoms. The van der Waals surface area contributed by atoms with Crippen LogP contribution in [-0.4, -0.2) is 33.7 Å². The molecule has 0 fully saturated rings. The van der Waals surface area contributed by atoms with Crippen LogP contribution >= 0.6 is 0 Å². The van der Waals surface area contributed by atoms with Crippen LogP contribution in [-0.2, 0) is 24.2 Å². The summed E-state index contributed by atoms with van der Waals surface area (Å²) in [5.41, 5.74) is 5.86. The van der Waals surface area contributed by atoms with Crippen LogP contribution in [0.4, 0.5) is 4.39 Å². The number of amides is 1. The average molecular weight is 407 g/mol. The molecule has 5 nitrogen and oxygen atoms in total. The topological polar surface area (TPSA) is 47.4 Å².